The lowest BCUT2D eigenvalue weighted by atomic mass is 10.1. The minimum Gasteiger partial charge on any atom is -0.449 e. The molecule has 1 aliphatic heterocycles. The molecule has 7 heteroatoms. The van der Waals surface area contributed by atoms with Gasteiger partial charge in [-0.25, -0.2) is 4.79 Å². The molecule has 0 radical (unpaired) electrons. The number of thiophene rings is 1. The highest BCUT2D eigenvalue weighted by Gasteiger charge is 2.28. The van der Waals surface area contributed by atoms with Crippen LogP contribution in [-0.2, 0) is 22.5 Å². The maximum absolute atomic E-state index is 12.7. The number of hydrogen-bond donors (Lipinski definition) is 1. The second kappa shape index (κ2) is 7.00. The molecule has 27 heavy (non-hydrogen) atoms. The Labute approximate surface area is 159 Å². The Morgan fingerprint density at radius 2 is 2.07 bits per heavy atom. The zero-order valence-corrected chi connectivity index (χ0v) is 15.5. The van der Waals surface area contributed by atoms with Gasteiger partial charge in [-0.3, -0.25) is 9.59 Å². The molecule has 3 heterocycles. The topological polar surface area (TPSA) is 79.5 Å². The zero-order valence-electron chi connectivity index (χ0n) is 14.7. The van der Waals surface area contributed by atoms with Crippen LogP contribution in [0.25, 0.3) is 10.9 Å². The highest BCUT2D eigenvalue weighted by molar-refractivity contribution is 7.10. The fraction of sp³-hybridized carbons (Fsp3) is 0.250. The smallest absolute Gasteiger partial charge is 0.339 e. The van der Waals surface area contributed by atoms with Gasteiger partial charge in [-0.15, -0.1) is 11.3 Å². The molecule has 138 valence electrons. The van der Waals surface area contributed by atoms with Gasteiger partial charge in [0.1, 0.15) is 0 Å². The Kier molecular flexibility index (Phi) is 4.53. The number of rotatable bonds is 3. The van der Waals surface area contributed by atoms with Gasteiger partial charge in [0.25, 0.3) is 5.91 Å². The van der Waals surface area contributed by atoms with Gasteiger partial charge in [-0.2, -0.15) is 0 Å². The van der Waals surface area contributed by atoms with E-state index in [1.807, 2.05) is 11.4 Å². The summed E-state index contributed by atoms with van der Waals surface area (Å²) in [5.74, 6) is -0.902. The van der Waals surface area contributed by atoms with Crippen molar-refractivity contribution in [3.05, 3.63) is 68.1 Å². The van der Waals surface area contributed by atoms with E-state index >= 15 is 0 Å². The van der Waals surface area contributed by atoms with Crippen LogP contribution in [0.4, 0.5) is 0 Å². The van der Waals surface area contributed by atoms with Gasteiger partial charge in [0.05, 0.1) is 5.56 Å². The van der Waals surface area contributed by atoms with Crippen molar-refractivity contribution in [2.24, 2.45) is 0 Å². The first-order valence-electron chi connectivity index (χ1n) is 8.70. The van der Waals surface area contributed by atoms with E-state index in [1.54, 1.807) is 47.4 Å². The van der Waals surface area contributed by atoms with E-state index < -0.39 is 12.1 Å². The number of carbonyl (C=O) groups excluding carboxylic acids is 2. The maximum Gasteiger partial charge on any atom is 0.339 e. The monoisotopic (exact) mass is 382 g/mol. The summed E-state index contributed by atoms with van der Waals surface area (Å²) in [6.45, 7) is 2.72. The standard InChI is InChI=1S/C20H18N2O4S/c1-12(19(24)22-8-6-17-13(11-22)7-9-27-17)26-20(25)15-10-18(23)21-16-5-3-2-4-14(15)16/h2-5,7,9-10,12H,6,8,11H2,1H3,(H,21,23). The molecule has 1 aromatic carbocycles. The maximum atomic E-state index is 12.7. The van der Waals surface area contributed by atoms with E-state index in [1.165, 1.54) is 10.9 Å². The average Bonchev–Trinajstić information content (AvgIpc) is 3.14. The number of aromatic amines is 1. The van der Waals surface area contributed by atoms with E-state index in [0.717, 1.165) is 12.0 Å². The van der Waals surface area contributed by atoms with Gasteiger partial charge >= 0.3 is 5.97 Å². The van der Waals surface area contributed by atoms with Crippen LogP contribution in [0.5, 0.6) is 0 Å². The SMILES string of the molecule is CC(OC(=O)c1cc(=O)[nH]c2ccccc12)C(=O)N1CCc2sccc2C1. The van der Waals surface area contributed by atoms with Gasteiger partial charge in [0.15, 0.2) is 6.10 Å². The van der Waals surface area contributed by atoms with E-state index in [9.17, 15) is 14.4 Å². The molecule has 0 saturated carbocycles. The highest BCUT2D eigenvalue weighted by Crippen LogP contribution is 2.25. The van der Waals surface area contributed by atoms with Crippen molar-refractivity contribution in [3.8, 4) is 0 Å². The number of nitrogens with zero attached hydrogens (tertiary/aromatic N) is 1. The molecule has 1 N–H and O–H groups in total. The van der Waals surface area contributed by atoms with Gasteiger partial charge in [0.2, 0.25) is 5.56 Å². The molecule has 1 unspecified atom stereocenters. The van der Waals surface area contributed by atoms with E-state index in [0.29, 0.717) is 24.0 Å². The first-order valence-corrected chi connectivity index (χ1v) is 9.58. The number of carbonyl (C=O) groups is 2. The van der Waals surface area contributed by atoms with Crippen LogP contribution >= 0.6 is 11.3 Å². The summed E-state index contributed by atoms with van der Waals surface area (Å²) in [5.41, 5.74) is 1.48. The minimum atomic E-state index is -0.921. The van der Waals surface area contributed by atoms with E-state index in [-0.39, 0.29) is 17.0 Å². The van der Waals surface area contributed by atoms with Crippen LogP contribution in [0.1, 0.15) is 27.7 Å². The van der Waals surface area contributed by atoms with Gasteiger partial charge in [-0.1, -0.05) is 18.2 Å². The molecule has 0 spiro atoms. The molecular weight excluding hydrogens is 364 g/mol. The summed E-state index contributed by atoms with van der Waals surface area (Å²) in [6.07, 6.45) is -0.103. The van der Waals surface area contributed by atoms with Crippen molar-refractivity contribution in [3.63, 3.8) is 0 Å². The van der Waals surface area contributed by atoms with Crippen molar-refractivity contribution in [2.75, 3.05) is 6.54 Å². The van der Waals surface area contributed by atoms with Crippen molar-refractivity contribution in [2.45, 2.75) is 26.0 Å². The van der Waals surface area contributed by atoms with Crippen molar-refractivity contribution >= 4 is 34.1 Å². The Morgan fingerprint density at radius 3 is 2.93 bits per heavy atom. The number of hydrogen-bond acceptors (Lipinski definition) is 5. The van der Waals surface area contributed by atoms with Crippen molar-refractivity contribution in [1.82, 2.24) is 9.88 Å². The summed E-state index contributed by atoms with van der Waals surface area (Å²) in [6, 6.07) is 10.2. The summed E-state index contributed by atoms with van der Waals surface area (Å²) >= 11 is 1.70. The fourth-order valence-electron chi connectivity index (χ4n) is 3.34. The number of para-hydroxylation sites is 1. The second-order valence-electron chi connectivity index (χ2n) is 6.52. The predicted molar refractivity (Wildman–Crippen MR) is 103 cm³/mol. The van der Waals surface area contributed by atoms with Crippen LogP contribution in [0.3, 0.4) is 0 Å². The largest absolute Gasteiger partial charge is 0.449 e. The van der Waals surface area contributed by atoms with Crippen LogP contribution in [0.2, 0.25) is 0 Å². The van der Waals surface area contributed by atoms with Gasteiger partial charge in [0, 0.05) is 34.9 Å². The summed E-state index contributed by atoms with van der Waals surface area (Å²) < 4.78 is 5.40. The van der Waals surface area contributed by atoms with Gasteiger partial charge in [-0.05, 0) is 36.4 Å². The molecule has 3 aromatic rings. The molecule has 1 amide bonds. The highest BCUT2D eigenvalue weighted by atomic mass is 32.1. The zero-order chi connectivity index (χ0) is 19.0. The number of H-pyrrole nitrogens is 1. The molecule has 0 aliphatic carbocycles. The second-order valence-corrected chi connectivity index (χ2v) is 7.52. The lowest BCUT2D eigenvalue weighted by Crippen LogP contribution is -2.42. The Balaban J connectivity index is 1.52. The third kappa shape index (κ3) is 3.38. The van der Waals surface area contributed by atoms with Crippen LogP contribution in [0, 0.1) is 0 Å². The summed E-state index contributed by atoms with van der Waals surface area (Å²) in [5, 5.41) is 2.61. The average molecular weight is 382 g/mol. The fourth-order valence-corrected chi connectivity index (χ4v) is 4.23. The molecule has 2 aromatic heterocycles. The number of pyridine rings is 1. The first-order chi connectivity index (χ1) is 13.0. The molecular formula is C20H18N2O4S. The number of nitrogens with one attached hydrogen (secondary N) is 1. The predicted octanol–water partition coefficient (Wildman–Crippen LogP) is 2.72. The number of benzene rings is 1. The third-order valence-electron chi connectivity index (χ3n) is 4.72. The molecule has 1 atom stereocenters. The normalized spacial score (nSPS) is 14.6. The number of aromatic nitrogens is 1. The lowest BCUT2D eigenvalue weighted by molar-refractivity contribution is -0.140. The number of ether oxygens (including phenoxy) is 1. The van der Waals surface area contributed by atoms with Crippen LogP contribution in [0.15, 0.2) is 46.6 Å². The quantitative estimate of drug-likeness (QED) is 0.707. The van der Waals surface area contributed by atoms with Crippen LogP contribution < -0.4 is 5.56 Å². The Hall–Kier alpha value is -2.93. The first kappa shape index (κ1) is 17.5. The minimum absolute atomic E-state index is 0.160. The number of amides is 1. The molecule has 0 saturated heterocycles. The number of fused-ring (bicyclic) bond motifs is 2. The van der Waals surface area contributed by atoms with E-state index in [4.69, 9.17) is 4.74 Å². The van der Waals surface area contributed by atoms with Crippen LogP contribution in [-0.4, -0.2) is 34.4 Å². The van der Waals surface area contributed by atoms with Crippen molar-refractivity contribution < 1.29 is 14.3 Å². The summed E-state index contributed by atoms with van der Waals surface area (Å²) in [4.78, 5) is 42.9. The Morgan fingerprint density at radius 1 is 1.26 bits per heavy atom. The van der Waals surface area contributed by atoms with Crippen molar-refractivity contribution in [1.29, 1.82) is 0 Å². The molecule has 4 rings (SSSR count). The summed E-state index contributed by atoms with van der Waals surface area (Å²) in [7, 11) is 0. The molecule has 0 fully saturated rings. The third-order valence-corrected chi connectivity index (χ3v) is 5.74. The Bertz CT molecular complexity index is 1080. The lowest BCUT2D eigenvalue weighted by Gasteiger charge is -2.29. The number of esters is 1. The van der Waals surface area contributed by atoms with E-state index in [2.05, 4.69) is 4.98 Å². The molecule has 0 bridgehead atoms. The van der Waals surface area contributed by atoms with Gasteiger partial charge < -0.3 is 14.6 Å². The molecule has 6 nitrogen and oxygen atoms in total. The molecule has 1 aliphatic rings.